The number of fused-ring (bicyclic) bond motifs is 1. The number of benzene rings is 3. The van der Waals surface area contributed by atoms with Crippen LogP contribution < -0.4 is 5.32 Å². The highest BCUT2D eigenvalue weighted by Crippen LogP contribution is 2.19. The van der Waals surface area contributed by atoms with E-state index in [0.29, 0.717) is 18.8 Å². The van der Waals surface area contributed by atoms with Crippen molar-refractivity contribution in [2.24, 2.45) is 0 Å². The number of hydrogen-bond acceptors (Lipinski definition) is 3. The van der Waals surface area contributed by atoms with Gasteiger partial charge < -0.3 is 10.1 Å². The lowest BCUT2D eigenvalue weighted by atomic mass is 10.1. The van der Waals surface area contributed by atoms with Crippen molar-refractivity contribution in [3.63, 3.8) is 0 Å². The minimum absolute atomic E-state index is 0.143. The van der Waals surface area contributed by atoms with Crippen LogP contribution in [0.5, 0.6) is 0 Å². The molecule has 0 atom stereocenters. The summed E-state index contributed by atoms with van der Waals surface area (Å²) in [6, 6.07) is 23.2. The van der Waals surface area contributed by atoms with Crippen LogP contribution in [-0.2, 0) is 11.3 Å². The zero-order valence-electron chi connectivity index (χ0n) is 15.6. The van der Waals surface area contributed by atoms with Gasteiger partial charge in [0.2, 0.25) is 0 Å². The third-order valence-corrected chi connectivity index (χ3v) is 4.52. The molecule has 140 valence electrons. The first-order chi connectivity index (χ1) is 13.7. The van der Waals surface area contributed by atoms with Crippen LogP contribution in [0.3, 0.4) is 0 Å². The zero-order chi connectivity index (χ0) is 19.3. The van der Waals surface area contributed by atoms with Gasteiger partial charge in [0.15, 0.2) is 0 Å². The van der Waals surface area contributed by atoms with Gasteiger partial charge in [-0.15, -0.1) is 0 Å². The Balaban J connectivity index is 1.50. The van der Waals surface area contributed by atoms with Crippen LogP contribution in [0.4, 0.5) is 5.69 Å². The Morgan fingerprint density at radius 3 is 2.68 bits per heavy atom. The molecule has 5 heteroatoms. The number of nitrogens with one attached hydrogen (secondary N) is 1. The monoisotopic (exact) mass is 371 g/mol. The van der Waals surface area contributed by atoms with Crippen molar-refractivity contribution < 1.29 is 9.53 Å². The largest absolute Gasteiger partial charge is 0.377 e. The number of ether oxygens (including phenoxy) is 1. The minimum atomic E-state index is -0.143. The van der Waals surface area contributed by atoms with Gasteiger partial charge >= 0.3 is 0 Å². The summed E-state index contributed by atoms with van der Waals surface area (Å²) < 4.78 is 7.43. The van der Waals surface area contributed by atoms with Gasteiger partial charge in [0.25, 0.3) is 5.91 Å². The van der Waals surface area contributed by atoms with E-state index in [2.05, 4.69) is 10.3 Å². The predicted octanol–water partition coefficient (Wildman–Crippen LogP) is 4.81. The van der Waals surface area contributed by atoms with Crippen molar-refractivity contribution in [3.8, 4) is 5.69 Å². The number of carbonyl (C=O) groups is 1. The molecule has 0 bridgehead atoms. The molecule has 1 heterocycles. The first-order valence-corrected chi connectivity index (χ1v) is 9.25. The molecule has 0 fully saturated rings. The van der Waals surface area contributed by atoms with E-state index < -0.39 is 0 Å². The highest BCUT2D eigenvalue weighted by molar-refractivity contribution is 6.04. The molecule has 0 spiro atoms. The molecule has 0 saturated carbocycles. The normalized spacial score (nSPS) is 10.9. The Morgan fingerprint density at radius 1 is 1.04 bits per heavy atom. The van der Waals surface area contributed by atoms with Crippen LogP contribution in [0.1, 0.15) is 22.8 Å². The molecule has 0 aliphatic carbocycles. The van der Waals surface area contributed by atoms with Crippen molar-refractivity contribution in [2.75, 3.05) is 11.9 Å². The lowest BCUT2D eigenvalue weighted by Crippen LogP contribution is -2.12. The summed E-state index contributed by atoms with van der Waals surface area (Å²) in [5.74, 6) is -0.143. The second-order valence-corrected chi connectivity index (χ2v) is 6.44. The van der Waals surface area contributed by atoms with Crippen molar-refractivity contribution in [2.45, 2.75) is 13.5 Å². The summed E-state index contributed by atoms with van der Waals surface area (Å²) in [6.45, 7) is 3.16. The maximum Gasteiger partial charge on any atom is 0.255 e. The Kier molecular flexibility index (Phi) is 5.17. The first kappa shape index (κ1) is 17.9. The zero-order valence-corrected chi connectivity index (χ0v) is 15.6. The van der Waals surface area contributed by atoms with E-state index in [-0.39, 0.29) is 5.91 Å². The molecule has 1 amide bonds. The van der Waals surface area contributed by atoms with E-state index in [9.17, 15) is 4.79 Å². The lowest BCUT2D eigenvalue weighted by molar-refractivity contribution is 0.102. The molecule has 0 aliphatic heterocycles. The van der Waals surface area contributed by atoms with Crippen LogP contribution in [-0.4, -0.2) is 22.1 Å². The van der Waals surface area contributed by atoms with Crippen LogP contribution >= 0.6 is 0 Å². The molecule has 0 unspecified atom stereocenters. The summed E-state index contributed by atoms with van der Waals surface area (Å²) in [5.41, 5.74) is 5.32. The molecule has 4 aromatic rings. The molecular formula is C23H21N3O2. The smallest absolute Gasteiger partial charge is 0.255 e. The molecule has 0 aliphatic rings. The number of aromatic nitrogens is 2. The number of imidazole rings is 1. The van der Waals surface area contributed by atoms with Crippen LogP contribution in [0.15, 0.2) is 79.1 Å². The van der Waals surface area contributed by atoms with E-state index >= 15 is 0 Å². The Bertz CT molecular complexity index is 1100. The Hall–Kier alpha value is -3.44. The fraction of sp³-hybridized carbons (Fsp3) is 0.130. The third-order valence-electron chi connectivity index (χ3n) is 4.52. The Labute approximate surface area is 163 Å². The number of amides is 1. The van der Waals surface area contributed by atoms with Gasteiger partial charge in [-0.3, -0.25) is 9.36 Å². The fourth-order valence-corrected chi connectivity index (χ4v) is 3.10. The van der Waals surface area contributed by atoms with Gasteiger partial charge in [-0.25, -0.2) is 4.98 Å². The summed E-state index contributed by atoms with van der Waals surface area (Å²) >= 11 is 0. The van der Waals surface area contributed by atoms with Gasteiger partial charge in [-0.05, 0) is 61.0 Å². The van der Waals surface area contributed by atoms with Gasteiger partial charge in [-0.2, -0.15) is 0 Å². The third kappa shape index (κ3) is 3.80. The van der Waals surface area contributed by atoms with Crippen molar-refractivity contribution >= 4 is 22.6 Å². The van der Waals surface area contributed by atoms with Gasteiger partial charge in [0.1, 0.15) is 6.33 Å². The average molecular weight is 371 g/mol. The van der Waals surface area contributed by atoms with E-state index in [1.54, 1.807) is 6.33 Å². The minimum Gasteiger partial charge on any atom is -0.377 e. The van der Waals surface area contributed by atoms with Gasteiger partial charge in [0.05, 0.1) is 17.6 Å². The number of nitrogens with zero attached hydrogens (tertiary/aromatic N) is 2. The van der Waals surface area contributed by atoms with Gasteiger partial charge in [-0.1, -0.05) is 24.3 Å². The average Bonchev–Trinajstić information content (AvgIpc) is 3.17. The van der Waals surface area contributed by atoms with E-state index in [4.69, 9.17) is 4.74 Å². The summed E-state index contributed by atoms with van der Waals surface area (Å²) in [4.78, 5) is 17.0. The molecule has 0 radical (unpaired) electrons. The van der Waals surface area contributed by atoms with E-state index in [1.807, 2.05) is 84.3 Å². The maximum atomic E-state index is 12.6. The molecule has 28 heavy (non-hydrogen) atoms. The molecule has 5 nitrogen and oxygen atoms in total. The lowest BCUT2D eigenvalue weighted by Gasteiger charge is -2.09. The summed E-state index contributed by atoms with van der Waals surface area (Å²) in [5, 5.41) is 2.95. The van der Waals surface area contributed by atoms with Crippen molar-refractivity contribution in [3.05, 3.63) is 90.3 Å². The Morgan fingerprint density at radius 2 is 1.86 bits per heavy atom. The molecule has 3 aromatic carbocycles. The van der Waals surface area contributed by atoms with E-state index in [0.717, 1.165) is 28.0 Å². The van der Waals surface area contributed by atoms with Crippen LogP contribution in [0, 0.1) is 0 Å². The second-order valence-electron chi connectivity index (χ2n) is 6.44. The quantitative estimate of drug-likeness (QED) is 0.529. The molecule has 1 aromatic heterocycles. The van der Waals surface area contributed by atoms with Crippen LogP contribution in [0.2, 0.25) is 0 Å². The predicted molar refractivity (Wildman–Crippen MR) is 111 cm³/mol. The van der Waals surface area contributed by atoms with E-state index in [1.165, 1.54) is 0 Å². The van der Waals surface area contributed by atoms with Crippen molar-refractivity contribution in [1.29, 1.82) is 0 Å². The number of para-hydroxylation sites is 2. The molecule has 4 rings (SSSR count). The summed E-state index contributed by atoms with van der Waals surface area (Å²) in [6.07, 6.45) is 1.80. The maximum absolute atomic E-state index is 12.6. The topological polar surface area (TPSA) is 56.1 Å². The first-order valence-electron chi connectivity index (χ1n) is 9.25. The highest BCUT2D eigenvalue weighted by Gasteiger charge is 2.08. The van der Waals surface area contributed by atoms with Gasteiger partial charge in [0, 0.05) is 23.5 Å². The number of hydrogen-bond donors (Lipinski definition) is 1. The number of anilines is 1. The van der Waals surface area contributed by atoms with Crippen molar-refractivity contribution in [1.82, 2.24) is 9.55 Å². The summed E-state index contributed by atoms with van der Waals surface area (Å²) in [7, 11) is 0. The highest BCUT2D eigenvalue weighted by atomic mass is 16.5. The SMILES string of the molecule is CCOCc1cccc(NC(=O)c2ccc(-n3cnc4ccccc43)cc2)c1. The molecule has 0 saturated heterocycles. The number of rotatable bonds is 6. The molecule has 1 N–H and O–H groups in total. The standard InChI is InChI=1S/C23H21N3O2/c1-2-28-15-17-6-5-7-19(14-17)25-23(27)18-10-12-20(13-11-18)26-16-24-21-8-3-4-9-22(21)26/h3-14,16H,2,15H2,1H3,(H,25,27). The van der Waals surface area contributed by atoms with Crippen LogP contribution in [0.25, 0.3) is 16.7 Å². The second kappa shape index (κ2) is 8.06. The number of carbonyl (C=O) groups excluding carboxylic acids is 1. The molecular weight excluding hydrogens is 350 g/mol. The fourth-order valence-electron chi connectivity index (χ4n) is 3.10.